The van der Waals surface area contributed by atoms with Gasteiger partial charge in [0.05, 0.1) is 19.1 Å². The van der Waals surface area contributed by atoms with Crippen molar-refractivity contribution in [2.24, 2.45) is 0 Å². The van der Waals surface area contributed by atoms with Crippen molar-refractivity contribution in [3.8, 4) is 16.9 Å². The third-order valence-electron chi connectivity index (χ3n) is 6.90. The number of sulfonamides is 1. The summed E-state index contributed by atoms with van der Waals surface area (Å²) in [7, 11) is -4.29. The molecule has 0 aromatic heterocycles. The molecule has 2 aliphatic heterocycles. The molecule has 188 valence electrons. The molecule has 2 aromatic rings. The van der Waals surface area contributed by atoms with Gasteiger partial charge in [-0.05, 0) is 30.9 Å². The Bertz CT molecular complexity index is 1280. The Hall–Kier alpha value is -2.66. The fourth-order valence-electron chi connectivity index (χ4n) is 4.89. The van der Waals surface area contributed by atoms with E-state index < -0.39 is 44.6 Å². The van der Waals surface area contributed by atoms with E-state index >= 15 is 4.39 Å². The summed E-state index contributed by atoms with van der Waals surface area (Å²) in [5.41, 5.74) is -0.0716. The smallest absolute Gasteiger partial charge is 0.247 e. The van der Waals surface area contributed by atoms with Gasteiger partial charge in [0.25, 0.3) is 0 Å². The molecule has 0 unspecified atom stereocenters. The summed E-state index contributed by atoms with van der Waals surface area (Å²) in [6, 6.07) is 4.36. The van der Waals surface area contributed by atoms with Crippen LogP contribution in [0.4, 0.5) is 17.6 Å². The average Bonchev–Trinajstić information content (AvgIpc) is 3.56. The van der Waals surface area contributed by atoms with Gasteiger partial charge in [0.2, 0.25) is 20.9 Å². The Kier molecular flexibility index (Phi) is 6.03. The largest absolute Gasteiger partial charge is 0.489 e. The molecule has 2 aromatic carbocycles. The number of benzene rings is 2. The van der Waals surface area contributed by atoms with Crippen LogP contribution in [0.3, 0.4) is 0 Å². The first-order valence-electron chi connectivity index (χ1n) is 11.5. The van der Waals surface area contributed by atoms with Crippen molar-refractivity contribution < 1.29 is 35.5 Å². The molecule has 2 fully saturated rings. The molecule has 0 spiro atoms. The molecule has 11 heteroatoms. The van der Waals surface area contributed by atoms with Gasteiger partial charge in [-0.15, -0.1) is 0 Å². The number of hydrogen-bond acceptors (Lipinski definition) is 4. The number of carbonyl (C=O) groups is 1. The molecular weight excluding hydrogens is 488 g/mol. The summed E-state index contributed by atoms with van der Waals surface area (Å²) in [6.45, 7) is 0.0584. The van der Waals surface area contributed by atoms with Crippen LogP contribution in [0.5, 0.6) is 5.75 Å². The zero-order valence-corrected chi connectivity index (χ0v) is 19.5. The molecule has 2 bridgehead atoms. The first-order valence-corrected chi connectivity index (χ1v) is 13.0. The monoisotopic (exact) mass is 512 g/mol. The van der Waals surface area contributed by atoms with E-state index in [4.69, 9.17) is 4.74 Å². The zero-order valence-electron chi connectivity index (χ0n) is 18.7. The highest BCUT2D eigenvalue weighted by molar-refractivity contribution is 7.91. The Morgan fingerprint density at radius 1 is 1.11 bits per heavy atom. The first-order chi connectivity index (χ1) is 16.6. The number of hydrogen-bond donors (Lipinski definition) is 1. The van der Waals surface area contributed by atoms with Crippen LogP contribution in [0.2, 0.25) is 0 Å². The lowest BCUT2D eigenvalue weighted by atomic mass is 9.89. The van der Waals surface area contributed by atoms with Gasteiger partial charge in [-0.2, -0.15) is 0 Å². The normalized spacial score (nSPS) is 23.9. The number of piperidine rings is 1. The molecule has 1 aliphatic carbocycles. The molecule has 3 aliphatic rings. The number of carbonyl (C=O) groups excluding carboxylic acids is 1. The number of fused-ring (bicyclic) bond motifs is 5. The molecule has 6 nitrogen and oxygen atoms in total. The lowest BCUT2D eigenvalue weighted by Crippen LogP contribution is -2.59. The van der Waals surface area contributed by atoms with Crippen LogP contribution in [0.1, 0.15) is 37.7 Å². The van der Waals surface area contributed by atoms with Gasteiger partial charge in [0.15, 0.2) is 11.6 Å². The van der Waals surface area contributed by atoms with E-state index in [9.17, 15) is 26.4 Å². The van der Waals surface area contributed by atoms with Gasteiger partial charge in [-0.25, -0.2) is 30.7 Å². The fourth-order valence-corrected chi connectivity index (χ4v) is 6.41. The Balaban J connectivity index is 1.58. The van der Waals surface area contributed by atoms with Gasteiger partial charge >= 0.3 is 0 Å². The van der Waals surface area contributed by atoms with Crippen molar-refractivity contribution in [3.63, 3.8) is 0 Å². The summed E-state index contributed by atoms with van der Waals surface area (Å²) in [5.74, 6) is -3.42. The van der Waals surface area contributed by atoms with Crippen molar-refractivity contribution in [1.29, 1.82) is 0 Å². The highest BCUT2D eigenvalue weighted by atomic mass is 32.2. The molecule has 1 saturated carbocycles. The molecule has 2 atom stereocenters. The maximum absolute atomic E-state index is 15.7. The van der Waals surface area contributed by atoms with Crippen LogP contribution < -0.4 is 9.46 Å². The molecule has 0 radical (unpaired) electrons. The molecule has 35 heavy (non-hydrogen) atoms. The second-order valence-electron chi connectivity index (χ2n) is 9.25. The lowest BCUT2D eigenvalue weighted by Gasteiger charge is -2.42. The second-order valence-corrected chi connectivity index (χ2v) is 11.2. The third kappa shape index (κ3) is 4.40. The van der Waals surface area contributed by atoms with Crippen LogP contribution in [-0.4, -0.2) is 49.5 Å². The van der Waals surface area contributed by atoms with Gasteiger partial charge in [-0.3, -0.25) is 4.79 Å². The number of halogens is 4. The molecule has 1 amide bonds. The van der Waals surface area contributed by atoms with Crippen molar-refractivity contribution >= 4 is 15.9 Å². The van der Waals surface area contributed by atoms with Crippen LogP contribution >= 0.6 is 0 Å². The number of rotatable bonds is 3. The van der Waals surface area contributed by atoms with Crippen LogP contribution in [0.25, 0.3) is 11.1 Å². The van der Waals surface area contributed by atoms with E-state index in [0.717, 1.165) is 6.07 Å². The highest BCUT2D eigenvalue weighted by Gasteiger charge is 2.57. The van der Waals surface area contributed by atoms with E-state index in [-0.39, 0.29) is 60.6 Å². The van der Waals surface area contributed by atoms with Gasteiger partial charge in [0, 0.05) is 42.6 Å². The first kappa shape index (κ1) is 24.1. The minimum absolute atomic E-state index is 0.0636. The fraction of sp³-hybridized carbons (Fsp3) is 0.458. The zero-order chi connectivity index (χ0) is 25.0. The predicted molar refractivity (Wildman–Crippen MR) is 119 cm³/mol. The summed E-state index contributed by atoms with van der Waals surface area (Å²) >= 11 is 0. The summed E-state index contributed by atoms with van der Waals surface area (Å²) in [5, 5.41) is -2.32. The maximum atomic E-state index is 15.7. The van der Waals surface area contributed by atoms with Gasteiger partial charge in [-0.1, -0.05) is 18.2 Å². The molecule has 1 N–H and O–H groups in total. The summed E-state index contributed by atoms with van der Waals surface area (Å²) in [6.07, 6.45) is 0.406. The van der Waals surface area contributed by atoms with Gasteiger partial charge < -0.3 is 9.64 Å². The minimum Gasteiger partial charge on any atom is -0.489 e. The standard InChI is InChI=1S/C24H24F4N2O4S/c25-15-12-17-16-4-1-3-14(22(16)27)11-20-19(29-35(32,33)24(28)7-8-24)5-2-9-30(20)21(31)6-10-34-23(17)18(26)13-15/h1,3-4,12-13,19-20,29H,2,5-11H2/t19-,20-/m0/s1. The van der Waals surface area contributed by atoms with Crippen molar-refractivity contribution in [2.75, 3.05) is 13.2 Å². The topological polar surface area (TPSA) is 75.7 Å². The molecular formula is C24H24F4N2O4S. The van der Waals surface area contributed by atoms with E-state index in [2.05, 4.69) is 4.72 Å². The Morgan fingerprint density at radius 3 is 2.63 bits per heavy atom. The van der Waals surface area contributed by atoms with E-state index in [1.807, 2.05) is 0 Å². The number of alkyl halides is 1. The van der Waals surface area contributed by atoms with E-state index in [0.29, 0.717) is 25.5 Å². The second kappa shape index (κ2) is 8.77. The van der Waals surface area contributed by atoms with Crippen LogP contribution in [-0.2, 0) is 21.2 Å². The van der Waals surface area contributed by atoms with E-state index in [1.54, 1.807) is 0 Å². The minimum atomic E-state index is -4.29. The van der Waals surface area contributed by atoms with Gasteiger partial charge in [0.1, 0.15) is 11.6 Å². The molecule has 2 heterocycles. The number of nitrogens with zero attached hydrogens (tertiary/aromatic N) is 1. The number of ether oxygens (including phenoxy) is 1. The Labute approximate surface area is 200 Å². The van der Waals surface area contributed by atoms with Crippen LogP contribution in [0.15, 0.2) is 30.3 Å². The number of amides is 1. The molecule has 1 saturated heterocycles. The maximum Gasteiger partial charge on any atom is 0.247 e. The molecule has 5 rings (SSSR count). The lowest BCUT2D eigenvalue weighted by molar-refractivity contribution is -0.136. The SMILES string of the molecule is O=C1CCOc2c(F)cc(F)cc2-c2cccc(c2F)C[C@H]2[C@@H](NS(=O)(=O)C3(F)CC3)CCCN12. The third-order valence-corrected chi connectivity index (χ3v) is 8.88. The average molecular weight is 513 g/mol. The van der Waals surface area contributed by atoms with Crippen LogP contribution in [0, 0.1) is 17.5 Å². The highest BCUT2D eigenvalue weighted by Crippen LogP contribution is 2.45. The quantitative estimate of drug-likeness (QED) is 0.635. The Morgan fingerprint density at radius 2 is 1.89 bits per heavy atom. The van der Waals surface area contributed by atoms with Crippen molar-refractivity contribution in [1.82, 2.24) is 9.62 Å². The van der Waals surface area contributed by atoms with Crippen molar-refractivity contribution in [2.45, 2.75) is 55.6 Å². The van der Waals surface area contributed by atoms with E-state index in [1.165, 1.54) is 23.1 Å². The number of nitrogens with one attached hydrogen (secondary N) is 1. The predicted octanol–water partition coefficient (Wildman–Crippen LogP) is 3.83. The summed E-state index contributed by atoms with van der Waals surface area (Å²) < 4.78 is 91.9. The summed E-state index contributed by atoms with van der Waals surface area (Å²) in [4.78, 5) is 14.6. The van der Waals surface area contributed by atoms with Crippen molar-refractivity contribution in [3.05, 3.63) is 53.3 Å².